The molecule has 4 rings (SSSR count). The molecule has 26 heavy (non-hydrogen) atoms. The average molecular weight is 368 g/mol. The molecule has 0 saturated carbocycles. The first-order valence-corrected chi connectivity index (χ1v) is 8.98. The summed E-state index contributed by atoms with van der Waals surface area (Å²) in [5.41, 5.74) is 2.26. The van der Waals surface area contributed by atoms with Gasteiger partial charge in [-0.25, -0.2) is 0 Å². The van der Waals surface area contributed by atoms with E-state index in [-0.39, 0.29) is 11.8 Å². The zero-order chi connectivity index (χ0) is 18.1. The van der Waals surface area contributed by atoms with Gasteiger partial charge >= 0.3 is 0 Å². The SMILES string of the molecule is O=C(Nc1cccc(C(=O)N2CCCC2)c1)c1[nH]c2ccccc2c1Cl. The van der Waals surface area contributed by atoms with Gasteiger partial charge in [-0.15, -0.1) is 0 Å². The number of H-pyrrole nitrogens is 1. The largest absolute Gasteiger partial charge is 0.349 e. The fraction of sp³-hybridized carbons (Fsp3) is 0.200. The second-order valence-corrected chi connectivity index (χ2v) is 6.77. The van der Waals surface area contributed by atoms with Gasteiger partial charge in [0.2, 0.25) is 0 Å². The summed E-state index contributed by atoms with van der Waals surface area (Å²) in [6, 6.07) is 14.5. The highest BCUT2D eigenvalue weighted by Gasteiger charge is 2.20. The van der Waals surface area contributed by atoms with Crippen LogP contribution < -0.4 is 5.32 Å². The van der Waals surface area contributed by atoms with Crippen LogP contribution in [0.2, 0.25) is 5.02 Å². The van der Waals surface area contributed by atoms with Crippen molar-refractivity contribution in [2.24, 2.45) is 0 Å². The summed E-state index contributed by atoms with van der Waals surface area (Å²) in [6.07, 6.45) is 2.09. The number of aromatic nitrogens is 1. The van der Waals surface area contributed by atoms with Gasteiger partial charge in [0.1, 0.15) is 5.69 Å². The number of carbonyl (C=O) groups is 2. The molecule has 1 saturated heterocycles. The summed E-state index contributed by atoms with van der Waals surface area (Å²) in [7, 11) is 0. The van der Waals surface area contributed by atoms with E-state index < -0.39 is 0 Å². The number of fused-ring (bicyclic) bond motifs is 1. The number of halogens is 1. The number of nitrogens with zero attached hydrogens (tertiary/aromatic N) is 1. The molecule has 2 aromatic carbocycles. The Hall–Kier alpha value is -2.79. The molecule has 0 bridgehead atoms. The normalized spacial score (nSPS) is 14.0. The van der Waals surface area contributed by atoms with Crippen molar-refractivity contribution in [3.8, 4) is 0 Å². The third kappa shape index (κ3) is 3.06. The number of benzene rings is 2. The lowest BCUT2D eigenvalue weighted by Gasteiger charge is -2.15. The molecule has 1 aliphatic heterocycles. The number of carbonyl (C=O) groups excluding carboxylic acids is 2. The molecule has 1 aliphatic rings. The first-order valence-electron chi connectivity index (χ1n) is 8.60. The van der Waals surface area contributed by atoms with Crippen LogP contribution in [0.1, 0.15) is 33.7 Å². The number of hydrogen-bond donors (Lipinski definition) is 2. The summed E-state index contributed by atoms with van der Waals surface area (Å²) >= 11 is 6.33. The smallest absolute Gasteiger partial charge is 0.273 e. The molecule has 6 heteroatoms. The van der Waals surface area contributed by atoms with E-state index in [1.807, 2.05) is 29.2 Å². The van der Waals surface area contributed by atoms with Crippen LogP contribution in [-0.4, -0.2) is 34.8 Å². The Bertz CT molecular complexity index is 990. The third-order valence-corrected chi connectivity index (χ3v) is 5.02. The predicted molar refractivity (Wildman–Crippen MR) is 103 cm³/mol. The maximum Gasteiger partial charge on any atom is 0.273 e. The zero-order valence-corrected chi connectivity index (χ0v) is 14.8. The molecule has 2 amide bonds. The summed E-state index contributed by atoms with van der Waals surface area (Å²) in [4.78, 5) is 30.0. The molecule has 2 N–H and O–H groups in total. The lowest BCUT2D eigenvalue weighted by Crippen LogP contribution is -2.27. The van der Waals surface area contributed by atoms with Gasteiger partial charge in [0.15, 0.2) is 0 Å². The molecule has 5 nitrogen and oxygen atoms in total. The minimum atomic E-state index is -0.336. The Balaban J connectivity index is 1.56. The number of hydrogen-bond acceptors (Lipinski definition) is 2. The highest BCUT2D eigenvalue weighted by atomic mass is 35.5. The molecule has 1 fully saturated rings. The van der Waals surface area contributed by atoms with Gasteiger partial charge in [-0.1, -0.05) is 35.9 Å². The molecular weight excluding hydrogens is 350 g/mol. The minimum absolute atomic E-state index is 0.00208. The summed E-state index contributed by atoms with van der Waals surface area (Å²) in [6.45, 7) is 1.58. The van der Waals surface area contributed by atoms with Crippen LogP contribution in [0.25, 0.3) is 10.9 Å². The van der Waals surface area contributed by atoms with Gasteiger partial charge in [-0.05, 0) is 37.1 Å². The third-order valence-electron chi connectivity index (χ3n) is 4.63. The summed E-state index contributed by atoms with van der Waals surface area (Å²) in [5, 5.41) is 4.01. The molecule has 0 atom stereocenters. The summed E-state index contributed by atoms with van der Waals surface area (Å²) < 4.78 is 0. The molecule has 132 valence electrons. The average Bonchev–Trinajstić information content (AvgIpc) is 3.30. The van der Waals surface area contributed by atoms with Crippen LogP contribution in [0.3, 0.4) is 0 Å². The fourth-order valence-corrected chi connectivity index (χ4v) is 3.59. The number of likely N-dealkylation sites (tertiary alicyclic amines) is 1. The number of anilines is 1. The van der Waals surface area contributed by atoms with E-state index in [4.69, 9.17) is 11.6 Å². The van der Waals surface area contributed by atoms with E-state index >= 15 is 0 Å². The predicted octanol–water partition coefficient (Wildman–Crippen LogP) is 4.31. The fourth-order valence-electron chi connectivity index (χ4n) is 3.29. The van der Waals surface area contributed by atoms with Crippen molar-refractivity contribution >= 4 is 40.0 Å². The van der Waals surface area contributed by atoms with Crippen LogP contribution in [0.5, 0.6) is 0 Å². The highest BCUT2D eigenvalue weighted by Crippen LogP contribution is 2.28. The van der Waals surface area contributed by atoms with Crippen molar-refractivity contribution in [3.63, 3.8) is 0 Å². The van der Waals surface area contributed by atoms with E-state index in [1.165, 1.54) is 0 Å². The molecule has 0 unspecified atom stereocenters. The maximum absolute atomic E-state index is 12.6. The van der Waals surface area contributed by atoms with Crippen molar-refractivity contribution in [2.75, 3.05) is 18.4 Å². The van der Waals surface area contributed by atoms with Crippen LogP contribution in [0, 0.1) is 0 Å². The van der Waals surface area contributed by atoms with Crippen molar-refractivity contribution in [2.45, 2.75) is 12.8 Å². The molecule has 0 spiro atoms. The first kappa shape index (κ1) is 16.7. The first-order chi connectivity index (χ1) is 12.6. The van der Waals surface area contributed by atoms with E-state index in [1.54, 1.807) is 24.3 Å². The van der Waals surface area contributed by atoms with Crippen molar-refractivity contribution in [1.82, 2.24) is 9.88 Å². The van der Waals surface area contributed by atoms with Crippen LogP contribution in [-0.2, 0) is 0 Å². The summed E-state index contributed by atoms with van der Waals surface area (Å²) in [5.74, 6) is -0.334. The molecule has 1 aromatic heterocycles. The zero-order valence-electron chi connectivity index (χ0n) is 14.1. The second-order valence-electron chi connectivity index (χ2n) is 6.39. The Kier molecular flexibility index (Phi) is 4.39. The van der Waals surface area contributed by atoms with E-state index in [2.05, 4.69) is 10.3 Å². The Morgan fingerprint density at radius 2 is 1.81 bits per heavy atom. The monoisotopic (exact) mass is 367 g/mol. The number of aromatic amines is 1. The van der Waals surface area contributed by atoms with Crippen LogP contribution >= 0.6 is 11.6 Å². The van der Waals surface area contributed by atoms with Crippen molar-refractivity contribution in [3.05, 3.63) is 64.8 Å². The number of para-hydroxylation sites is 1. The number of nitrogens with one attached hydrogen (secondary N) is 2. The van der Waals surface area contributed by atoms with Gasteiger partial charge < -0.3 is 15.2 Å². The van der Waals surface area contributed by atoms with Gasteiger partial charge in [0.25, 0.3) is 11.8 Å². The number of amides is 2. The van der Waals surface area contributed by atoms with Gasteiger partial charge in [-0.3, -0.25) is 9.59 Å². The van der Waals surface area contributed by atoms with Crippen molar-refractivity contribution in [1.29, 1.82) is 0 Å². The Morgan fingerprint density at radius 1 is 1.04 bits per heavy atom. The lowest BCUT2D eigenvalue weighted by molar-refractivity contribution is 0.0792. The van der Waals surface area contributed by atoms with Gasteiger partial charge in [-0.2, -0.15) is 0 Å². The topological polar surface area (TPSA) is 65.2 Å². The van der Waals surface area contributed by atoms with Gasteiger partial charge in [0.05, 0.1) is 5.02 Å². The van der Waals surface area contributed by atoms with Crippen LogP contribution in [0.15, 0.2) is 48.5 Å². The van der Waals surface area contributed by atoms with E-state index in [0.29, 0.717) is 22.0 Å². The van der Waals surface area contributed by atoms with E-state index in [0.717, 1.165) is 36.8 Å². The molecular formula is C20H18ClN3O2. The van der Waals surface area contributed by atoms with Crippen molar-refractivity contribution < 1.29 is 9.59 Å². The molecule has 3 aromatic rings. The molecule has 0 radical (unpaired) electrons. The molecule has 2 heterocycles. The minimum Gasteiger partial charge on any atom is -0.349 e. The Labute approximate surface area is 155 Å². The second kappa shape index (κ2) is 6.84. The lowest BCUT2D eigenvalue weighted by atomic mass is 10.1. The van der Waals surface area contributed by atoms with Gasteiger partial charge in [0, 0.05) is 35.2 Å². The maximum atomic E-state index is 12.6. The van der Waals surface area contributed by atoms with E-state index in [9.17, 15) is 9.59 Å². The quantitative estimate of drug-likeness (QED) is 0.724. The van der Waals surface area contributed by atoms with Crippen LogP contribution in [0.4, 0.5) is 5.69 Å². The standard InChI is InChI=1S/C20H18ClN3O2/c21-17-15-8-1-2-9-16(15)23-18(17)19(25)22-14-7-5-6-13(12-14)20(26)24-10-3-4-11-24/h1-2,5-9,12,23H,3-4,10-11H2,(H,22,25). The highest BCUT2D eigenvalue weighted by molar-refractivity contribution is 6.39. The Morgan fingerprint density at radius 3 is 2.58 bits per heavy atom. The molecule has 0 aliphatic carbocycles. The number of rotatable bonds is 3.